The molecule has 2 heterocycles. The van der Waals surface area contributed by atoms with Crippen LogP contribution in [0.15, 0.2) is 101 Å². The zero-order valence-corrected chi connectivity index (χ0v) is 33.8. The van der Waals surface area contributed by atoms with Crippen LogP contribution >= 0.6 is 0 Å². The largest absolute Gasteiger partial charge is 0.497 e. The van der Waals surface area contributed by atoms with Crippen LogP contribution in [0.1, 0.15) is 70.9 Å². The lowest BCUT2D eigenvalue weighted by Crippen LogP contribution is -2.52. The maximum atomic E-state index is 16.8. The number of methoxy groups -OCH3 is 2. The molecule has 1 saturated heterocycles. The number of carbonyl (C=O) groups excluding carboxylic acids is 2. The number of rotatable bonds is 15. The van der Waals surface area contributed by atoms with E-state index < -0.39 is 71.5 Å². The summed E-state index contributed by atoms with van der Waals surface area (Å²) in [5.74, 6) is -0.0156. The van der Waals surface area contributed by atoms with E-state index in [1.54, 1.807) is 55.8 Å². The first kappa shape index (κ1) is 43.0. The average Bonchev–Trinajstić information content (AvgIpc) is 3.47. The third-order valence-electron chi connectivity index (χ3n) is 9.94. The highest BCUT2D eigenvalue weighted by molar-refractivity contribution is 5.82. The molecule has 3 aromatic carbocycles. The molecule has 0 aliphatic carbocycles. The summed E-state index contributed by atoms with van der Waals surface area (Å²) in [6, 6.07) is 24.9. The van der Waals surface area contributed by atoms with E-state index in [0.29, 0.717) is 11.5 Å². The van der Waals surface area contributed by atoms with Gasteiger partial charge in [0, 0.05) is 11.1 Å². The standard InChI is InChI=1S/C42H50FN7O8/c1-9-41(25-45-49-44)35(56-37(51)34(26(2)3)47-39(53)58-40(4,5)6)33(43)36(57-41)50-24-23-32(46-38(50)52)48-42(27-13-11-10-12-14-27,28-15-19-30(54-7)20-16-28)29-17-21-31(55-8)22-18-29/h10-24,26,33-36H,9,25H2,1-8H3,(H,47,53)(H,46,48,52)/t33-,34+,35+,36-,41+/m1/s1. The first-order valence-corrected chi connectivity index (χ1v) is 18.9. The van der Waals surface area contributed by atoms with Crippen molar-refractivity contribution in [2.75, 3.05) is 26.1 Å². The number of amides is 1. The molecule has 4 aromatic rings. The molecule has 308 valence electrons. The van der Waals surface area contributed by atoms with E-state index in [1.165, 1.54) is 12.3 Å². The molecule has 1 aliphatic heterocycles. The number of nitrogens with one attached hydrogen (secondary N) is 2. The van der Waals surface area contributed by atoms with Gasteiger partial charge in [-0.2, -0.15) is 4.98 Å². The second-order valence-electron chi connectivity index (χ2n) is 15.2. The summed E-state index contributed by atoms with van der Waals surface area (Å²) in [7, 11) is 3.16. The Morgan fingerprint density at radius 1 is 0.966 bits per heavy atom. The number of azide groups is 1. The van der Waals surface area contributed by atoms with Gasteiger partial charge in [0.15, 0.2) is 18.5 Å². The van der Waals surface area contributed by atoms with E-state index >= 15 is 4.39 Å². The van der Waals surface area contributed by atoms with Gasteiger partial charge in [0.25, 0.3) is 0 Å². The molecular formula is C42H50FN7O8. The molecule has 1 aliphatic rings. The molecule has 5 atom stereocenters. The van der Waals surface area contributed by atoms with Crippen molar-refractivity contribution < 1.29 is 37.7 Å². The van der Waals surface area contributed by atoms with E-state index in [9.17, 15) is 19.9 Å². The van der Waals surface area contributed by atoms with Gasteiger partial charge in [-0.25, -0.2) is 18.8 Å². The molecule has 2 N–H and O–H groups in total. The smallest absolute Gasteiger partial charge is 0.408 e. The van der Waals surface area contributed by atoms with Crippen LogP contribution < -0.4 is 25.8 Å². The van der Waals surface area contributed by atoms with Crippen LogP contribution in [0, 0.1) is 5.92 Å². The number of hydrogen-bond donors (Lipinski definition) is 2. The first-order chi connectivity index (χ1) is 27.6. The minimum Gasteiger partial charge on any atom is -0.497 e. The second-order valence-corrected chi connectivity index (χ2v) is 15.2. The Labute approximate surface area is 336 Å². The predicted octanol–water partition coefficient (Wildman–Crippen LogP) is 7.45. The Morgan fingerprint density at radius 2 is 1.53 bits per heavy atom. The molecule has 0 bridgehead atoms. The Balaban J connectivity index is 1.54. The summed E-state index contributed by atoms with van der Waals surface area (Å²) in [6.07, 6.45) is -4.92. The van der Waals surface area contributed by atoms with Crippen molar-refractivity contribution in [3.63, 3.8) is 0 Å². The Morgan fingerprint density at radius 3 is 2.02 bits per heavy atom. The molecule has 0 spiro atoms. The lowest BCUT2D eigenvalue weighted by atomic mass is 9.77. The number of benzene rings is 3. The van der Waals surface area contributed by atoms with Gasteiger partial charge in [0.2, 0.25) is 0 Å². The van der Waals surface area contributed by atoms with Crippen molar-refractivity contribution in [2.24, 2.45) is 11.0 Å². The number of hydrogen-bond acceptors (Lipinski definition) is 11. The van der Waals surface area contributed by atoms with Gasteiger partial charge < -0.3 is 34.3 Å². The molecule has 0 radical (unpaired) electrons. The number of anilines is 1. The maximum Gasteiger partial charge on any atom is 0.408 e. The summed E-state index contributed by atoms with van der Waals surface area (Å²) >= 11 is 0. The summed E-state index contributed by atoms with van der Waals surface area (Å²) < 4.78 is 46.0. The van der Waals surface area contributed by atoms with E-state index in [-0.39, 0.29) is 12.2 Å². The minimum absolute atomic E-state index is 0.0257. The van der Waals surface area contributed by atoms with Crippen LogP contribution in [0.25, 0.3) is 10.4 Å². The van der Waals surface area contributed by atoms with E-state index in [4.69, 9.17) is 23.7 Å². The number of halogens is 1. The maximum absolute atomic E-state index is 16.8. The molecule has 58 heavy (non-hydrogen) atoms. The number of nitrogens with zero attached hydrogens (tertiary/aromatic N) is 5. The summed E-state index contributed by atoms with van der Waals surface area (Å²) in [5.41, 5.74) is 7.09. The molecule has 0 unspecified atom stereocenters. The normalized spacial score (nSPS) is 19.7. The molecule has 0 saturated carbocycles. The Bertz CT molecular complexity index is 2090. The number of aromatic nitrogens is 2. The number of alkyl carbamates (subject to hydrolysis) is 1. The topological polar surface area (TPSA) is 188 Å². The zero-order chi connectivity index (χ0) is 42.3. The fraction of sp³-hybridized carbons (Fsp3) is 0.429. The van der Waals surface area contributed by atoms with E-state index in [1.807, 2.05) is 78.9 Å². The monoisotopic (exact) mass is 799 g/mol. The number of alkyl halides is 1. The van der Waals surface area contributed by atoms with Crippen LogP contribution in [0.2, 0.25) is 0 Å². The molecule has 1 amide bonds. The predicted molar refractivity (Wildman–Crippen MR) is 214 cm³/mol. The molecule has 1 aromatic heterocycles. The van der Waals surface area contributed by atoms with Gasteiger partial charge in [-0.05, 0) is 85.7 Å². The highest BCUT2D eigenvalue weighted by Gasteiger charge is 2.58. The van der Waals surface area contributed by atoms with E-state index in [0.717, 1.165) is 21.3 Å². The van der Waals surface area contributed by atoms with E-state index in [2.05, 4.69) is 25.6 Å². The Hall–Kier alpha value is -6.12. The van der Waals surface area contributed by atoms with Crippen LogP contribution in [0.3, 0.4) is 0 Å². The summed E-state index contributed by atoms with van der Waals surface area (Å²) in [4.78, 5) is 47.5. The minimum atomic E-state index is -2.13. The molecule has 1 fully saturated rings. The summed E-state index contributed by atoms with van der Waals surface area (Å²) in [6.45, 7) is 9.59. The highest BCUT2D eigenvalue weighted by Crippen LogP contribution is 2.44. The van der Waals surface area contributed by atoms with Crippen molar-refractivity contribution in [3.8, 4) is 11.5 Å². The van der Waals surface area contributed by atoms with Crippen LogP contribution in [0.5, 0.6) is 11.5 Å². The number of ether oxygens (including phenoxy) is 5. The third-order valence-corrected chi connectivity index (χ3v) is 9.94. The quantitative estimate of drug-likeness (QED) is 0.0402. The SMILES string of the molecule is CC[C@@]1(CN=[N+]=[N-])O[C@@H](n2ccc(NC(c3ccccc3)(c3ccc(OC)cc3)c3ccc(OC)cc3)nc2=O)[C@H](F)[C@@H]1OC(=O)[C@@H](NC(=O)OC(C)(C)C)C(C)C. The van der Waals surface area contributed by atoms with Gasteiger partial charge >= 0.3 is 17.8 Å². The molecule has 15 nitrogen and oxygen atoms in total. The lowest BCUT2D eigenvalue weighted by Gasteiger charge is -2.37. The van der Waals surface area contributed by atoms with Crippen molar-refractivity contribution in [1.29, 1.82) is 0 Å². The first-order valence-electron chi connectivity index (χ1n) is 18.9. The van der Waals surface area contributed by atoms with Crippen molar-refractivity contribution >= 4 is 17.9 Å². The average molecular weight is 800 g/mol. The van der Waals surface area contributed by atoms with Gasteiger partial charge in [0.05, 0.1) is 20.8 Å². The lowest BCUT2D eigenvalue weighted by molar-refractivity contribution is -0.166. The highest BCUT2D eigenvalue weighted by atomic mass is 19.1. The van der Waals surface area contributed by atoms with Crippen molar-refractivity contribution in [1.82, 2.24) is 14.9 Å². The zero-order valence-electron chi connectivity index (χ0n) is 33.8. The second kappa shape index (κ2) is 18.0. The van der Waals surface area contributed by atoms with Gasteiger partial charge in [-0.3, -0.25) is 4.57 Å². The third kappa shape index (κ3) is 9.19. The molecule has 16 heteroatoms. The fourth-order valence-corrected chi connectivity index (χ4v) is 6.96. The number of carbonyl (C=O) groups is 2. The molecule has 5 rings (SSSR count). The van der Waals surface area contributed by atoms with Crippen LogP contribution in [-0.4, -0.2) is 71.9 Å². The van der Waals surface area contributed by atoms with Crippen LogP contribution in [0.4, 0.5) is 15.0 Å². The van der Waals surface area contributed by atoms with Crippen LogP contribution in [-0.2, 0) is 24.5 Å². The summed E-state index contributed by atoms with van der Waals surface area (Å²) in [5, 5.41) is 9.68. The van der Waals surface area contributed by atoms with Gasteiger partial charge in [-0.15, -0.1) is 0 Å². The van der Waals surface area contributed by atoms with Gasteiger partial charge in [0.1, 0.15) is 40.1 Å². The van der Waals surface area contributed by atoms with Crippen molar-refractivity contribution in [2.45, 2.75) is 89.2 Å². The van der Waals surface area contributed by atoms with Crippen molar-refractivity contribution in [3.05, 3.63) is 129 Å². The fourth-order valence-electron chi connectivity index (χ4n) is 6.96. The van der Waals surface area contributed by atoms with Gasteiger partial charge in [-0.1, -0.05) is 80.5 Å². The number of esters is 1. The Kier molecular flexibility index (Phi) is 13.3. The molecular weight excluding hydrogens is 750 g/mol.